The van der Waals surface area contributed by atoms with Crippen LogP contribution in [0.1, 0.15) is 22.3 Å². The molecule has 13 rings (SSSR count). The van der Waals surface area contributed by atoms with E-state index in [1.807, 2.05) is 22.7 Å². The van der Waals surface area contributed by atoms with Crippen molar-refractivity contribution in [3.05, 3.63) is 259 Å². The molecule has 0 fully saturated rings. The number of anilines is 3. The van der Waals surface area contributed by atoms with Crippen LogP contribution in [0.5, 0.6) is 0 Å². The molecule has 0 radical (unpaired) electrons. The van der Waals surface area contributed by atoms with E-state index in [1.54, 1.807) is 0 Å². The number of benzene rings is 10. The maximum atomic E-state index is 2.44. The molecule has 300 valence electrons. The Morgan fingerprint density at radius 3 is 1.64 bits per heavy atom. The van der Waals surface area contributed by atoms with Crippen LogP contribution < -0.4 is 4.90 Å². The van der Waals surface area contributed by atoms with Crippen molar-refractivity contribution in [1.82, 2.24) is 0 Å². The van der Waals surface area contributed by atoms with Crippen molar-refractivity contribution in [2.24, 2.45) is 0 Å². The summed E-state index contributed by atoms with van der Waals surface area (Å²) >= 11 is 3.73. The second-order valence-electron chi connectivity index (χ2n) is 16.8. The zero-order valence-corrected chi connectivity index (χ0v) is 36.4. The number of thiophene rings is 2. The Morgan fingerprint density at radius 2 is 0.844 bits per heavy atom. The molecular formula is C61H39NS2. The van der Waals surface area contributed by atoms with Crippen LogP contribution in [0.25, 0.3) is 73.7 Å². The Labute approximate surface area is 380 Å². The summed E-state index contributed by atoms with van der Waals surface area (Å²) in [5.41, 5.74) is 15.4. The zero-order valence-electron chi connectivity index (χ0n) is 34.8. The zero-order chi connectivity index (χ0) is 42.2. The second-order valence-corrected chi connectivity index (χ2v) is 18.9. The van der Waals surface area contributed by atoms with Crippen molar-refractivity contribution in [2.45, 2.75) is 5.41 Å². The lowest BCUT2D eigenvalue weighted by atomic mass is 9.68. The smallest absolute Gasteiger partial charge is 0.0713 e. The Bertz CT molecular complexity index is 3690. The summed E-state index contributed by atoms with van der Waals surface area (Å²) in [4.78, 5) is 2.44. The number of hydrogen-bond donors (Lipinski definition) is 0. The molecule has 0 aliphatic heterocycles. The highest BCUT2D eigenvalue weighted by molar-refractivity contribution is 7.26. The van der Waals surface area contributed by atoms with Crippen LogP contribution in [0, 0.1) is 0 Å². The van der Waals surface area contributed by atoms with Gasteiger partial charge in [-0.2, -0.15) is 0 Å². The summed E-state index contributed by atoms with van der Waals surface area (Å²) in [7, 11) is 0. The van der Waals surface area contributed by atoms with Gasteiger partial charge in [0.1, 0.15) is 0 Å². The fourth-order valence-electron chi connectivity index (χ4n) is 10.6. The highest BCUT2D eigenvalue weighted by Crippen LogP contribution is 2.57. The van der Waals surface area contributed by atoms with Crippen molar-refractivity contribution in [3.8, 4) is 33.4 Å². The van der Waals surface area contributed by atoms with Crippen LogP contribution >= 0.6 is 22.7 Å². The molecule has 10 aromatic carbocycles. The van der Waals surface area contributed by atoms with E-state index in [0.717, 1.165) is 17.1 Å². The SMILES string of the molecule is c1ccc(C2(c3ccccc3)c3ccccc3-c3cc(N(c4ccc(-c5cccc6sc7ccccc7c56)cc4)c4cccc(-c5ccc6sc7ccccc7c6c5)c4)ccc32)cc1. The predicted molar refractivity (Wildman–Crippen MR) is 275 cm³/mol. The molecule has 0 N–H and O–H groups in total. The molecule has 64 heavy (non-hydrogen) atoms. The van der Waals surface area contributed by atoms with Gasteiger partial charge in [-0.25, -0.2) is 0 Å². The molecule has 0 saturated heterocycles. The van der Waals surface area contributed by atoms with E-state index in [2.05, 4.69) is 241 Å². The molecule has 1 nitrogen and oxygen atoms in total. The van der Waals surface area contributed by atoms with Crippen molar-refractivity contribution in [1.29, 1.82) is 0 Å². The first-order valence-electron chi connectivity index (χ1n) is 21.9. The predicted octanol–water partition coefficient (Wildman–Crippen LogP) is 17.6. The quantitative estimate of drug-likeness (QED) is 0.154. The normalized spacial score (nSPS) is 12.8. The molecule has 0 saturated carbocycles. The molecule has 0 amide bonds. The summed E-state index contributed by atoms with van der Waals surface area (Å²) in [6, 6.07) is 87.8. The number of fused-ring (bicyclic) bond motifs is 9. The van der Waals surface area contributed by atoms with Crippen LogP contribution in [0.2, 0.25) is 0 Å². The topological polar surface area (TPSA) is 3.24 Å². The third kappa shape index (κ3) is 5.68. The van der Waals surface area contributed by atoms with Gasteiger partial charge in [0.15, 0.2) is 0 Å². The summed E-state index contributed by atoms with van der Waals surface area (Å²) in [5, 5.41) is 5.26. The van der Waals surface area contributed by atoms with E-state index >= 15 is 0 Å². The van der Waals surface area contributed by atoms with Gasteiger partial charge in [-0.05, 0) is 122 Å². The van der Waals surface area contributed by atoms with Gasteiger partial charge < -0.3 is 4.90 Å². The van der Waals surface area contributed by atoms with E-state index in [1.165, 1.54) is 96.0 Å². The average Bonchev–Trinajstić information content (AvgIpc) is 4.03. The Morgan fingerprint density at radius 1 is 0.297 bits per heavy atom. The highest BCUT2D eigenvalue weighted by Gasteiger charge is 2.46. The molecular weight excluding hydrogens is 811 g/mol. The van der Waals surface area contributed by atoms with Gasteiger partial charge >= 0.3 is 0 Å². The van der Waals surface area contributed by atoms with E-state index in [4.69, 9.17) is 0 Å². The minimum absolute atomic E-state index is 0.462. The van der Waals surface area contributed by atoms with E-state index in [-0.39, 0.29) is 0 Å². The minimum Gasteiger partial charge on any atom is -0.310 e. The van der Waals surface area contributed by atoms with Gasteiger partial charge in [-0.3, -0.25) is 0 Å². The Hall–Kier alpha value is -7.56. The molecule has 0 bridgehead atoms. The maximum absolute atomic E-state index is 2.44. The number of rotatable bonds is 7. The van der Waals surface area contributed by atoms with Gasteiger partial charge in [0.25, 0.3) is 0 Å². The first kappa shape index (κ1) is 37.0. The monoisotopic (exact) mass is 849 g/mol. The first-order valence-corrected chi connectivity index (χ1v) is 23.5. The van der Waals surface area contributed by atoms with Crippen LogP contribution in [-0.2, 0) is 5.41 Å². The molecule has 2 heterocycles. The third-order valence-corrected chi connectivity index (χ3v) is 15.6. The van der Waals surface area contributed by atoms with Crippen LogP contribution in [0.3, 0.4) is 0 Å². The third-order valence-electron chi connectivity index (χ3n) is 13.4. The van der Waals surface area contributed by atoms with Crippen molar-refractivity contribution in [2.75, 3.05) is 4.90 Å². The van der Waals surface area contributed by atoms with Gasteiger partial charge in [0.05, 0.1) is 5.41 Å². The molecule has 3 heteroatoms. The van der Waals surface area contributed by atoms with Crippen molar-refractivity contribution in [3.63, 3.8) is 0 Å². The number of nitrogens with zero attached hydrogens (tertiary/aromatic N) is 1. The Balaban J connectivity index is 1.000. The maximum Gasteiger partial charge on any atom is 0.0713 e. The van der Waals surface area contributed by atoms with Gasteiger partial charge in [-0.15, -0.1) is 22.7 Å². The number of hydrogen-bond acceptors (Lipinski definition) is 3. The lowest BCUT2D eigenvalue weighted by molar-refractivity contribution is 0.768. The summed E-state index contributed by atoms with van der Waals surface area (Å²) < 4.78 is 5.27. The first-order chi connectivity index (χ1) is 31.7. The van der Waals surface area contributed by atoms with Gasteiger partial charge in [0.2, 0.25) is 0 Å². The van der Waals surface area contributed by atoms with E-state index in [0.29, 0.717) is 0 Å². The van der Waals surface area contributed by atoms with Crippen LogP contribution in [0.15, 0.2) is 237 Å². The lowest BCUT2D eigenvalue weighted by Gasteiger charge is -2.34. The Kier molecular flexibility index (Phi) is 8.55. The highest BCUT2D eigenvalue weighted by atomic mass is 32.1. The lowest BCUT2D eigenvalue weighted by Crippen LogP contribution is -2.28. The molecule has 1 aliphatic rings. The summed E-state index contributed by atoms with van der Waals surface area (Å²) in [5.74, 6) is 0. The molecule has 2 aromatic heterocycles. The van der Waals surface area contributed by atoms with E-state index < -0.39 is 5.41 Å². The molecule has 0 unspecified atom stereocenters. The van der Waals surface area contributed by atoms with Crippen molar-refractivity contribution >= 4 is 80.1 Å². The fourth-order valence-corrected chi connectivity index (χ4v) is 12.8. The van der Waals surface area contributed by atoms with Gasteiger partial charge in [0, 0.05) is 57.4 Å². The van der Waals surface area contributed by atoms with Crippen LogP contribution in [-0.4, -0.2) is 0 Å². The average molecular weight is 850 g/mol. The van der Waals surface area contributed by atoms with Crippen LogP contribution in [0.4, 0.5) is 17.1 Å². The summed E-state index contributed by atoms with van der Waals surface area (Å²) in [6.45, 7) is 0. The second kappa shape index (κ2) is 14.8. The molecule has 0 spiro atoms. The molecule has 0 atom stereocenters. The van der Waals surface area contributed by atoms with E-state index in [9.17, 15) is 0 Å². The standard InChI is InChI=1S/C61H39NS2/c1-3-16-43(17-4-1)61(44-18-5-2-6-19-44)54-25-10-7-21-49(54)52-39-47(34-35-55(52)61)62(45-32-29-40(30-33-45)48-24-14-28-59-60(48)51-23-9-12-27-57(51)64-59)46-20-13-15-41(37-46)42-31-36-58-53(38-42)50-22-8-11-26-56(50)63-58/h1-39H. The summed E-state index contributed by atoms with van der Waals surface area (Å²) in [6.07, 6.45) is 0. The largest absolute Gasteiger partial charge is 0.310 e. The van der Waals surface area contributed by atoms with Gasteiger partial charge in [-0.1, -0.05) is 170 Å². The molecule has 12 aromatic rings. The molecule has 1 aliphatic carbocycles. The fraction of sp³-hybridized carbons (Fsp3) is 0.0164. The minimum atomic E-state index is -0.462. The van der Waals surface area contributed by atoms with Crippen molar-refractivity contribution < 1.29 is 0 Å².